The van der Waals surface area contributed by atoms with Crippen LogP contribution in [0.4, 0.5) is 5.13 Å². The van der Waals surface area contributed by atoms with Crippen molar-refractivity contribution in [2.24, 2.45) is 0 Å². The van der Waals surface area contributed by atoms with E-state index in [2.05, 4.69) is 10.3 Å². The second kappa shape index (κ2) is 7.27. The van der Waals surface area contributed by atoms with E-state index in [1.54, 1.807) is 35.4 Å². The van der Waals surface area contributed by atoms with Crippen molar-refractivity contribution in [2.75, 3.05) is 11.9 Å². The van der Waals surface area contributed by atoms with Gasteiger partial charge < -0.3 is 9.32 Å². The van der Waals surface area contributed by atoms with Crippen LogP contribution in [-0.4, -0.2) is 28.2 Å². The molecule has 3 aromatic heterocycles. The number of furan rings is 1. The maximum Gasteiger partial charge on any atom is 0.267 e. The number of rotatable bonds is 4. The van der Waals surface area contributed by atoms with Crippen LogP contribution in [0.15, 0.2) is 46.4 Å². The minimum Gasteiger partial charge on any atom is -0.465 e. The first-order valence-electron chi connectivity index (χ1n) is 8.03. The minimum atomic E-state index is -0.152. The van der Waals surface area contributed by atoms with Crippen LogP contribution in [0, 0.1) is 0 Å². The summed E-state index contributed by atoms with van der Waals surface area (Å²) < 4.78 is 5.19. The van der Waals surface area contributed by atoms with Gasteiger partial charge in [0.15, 0.2) is 5.13 Å². The Morgan fingerprint density at radius 2 is 2.23 bits per heavy atom. The van der Waals surface area contributed by atoms with Crippen LogP contribution < -0.4 is 5.32 Å². The van der Waals surface area contributed by atoms with Crippen molar-refractivity contribution in [3.63, 3.8) is 0 Å². The first-order valence-corrected chi connectivity index (χ1v) is 9.72. The Hall–Kier alpha value is -2.71. The van der Waals surface area contributed by atoms with E-state index in [4.69, 9.17) is 4.42 Å². The second-order valence-electron chi connectivity index (χ2n) is 5.68. The number of fused-ring (bicyclic) bond motifs is 1. The van der Waals surface area contributed by atoms with Crippen LogP contribution >= 0.6 is 22.7 Å². The fourth-order valence-electron chi connectivity index (χ4n) is 2.65. The van der Waals surface area contributed by atoms with E-state index >= 15 is 0 Å². The standard InChI is InChI=1S/C18H15N3O3S2/c22-16(6-5-12-3-1-9-24-12)21-8-7-13-15(11-21)26-18(19-13)20-17(23)14-4-2-10-25-14/h1-6,9-10H,7-8,11H2,(H,19,20,23)/b6-5+. The number of thiazole rings is 1. The van der Waals surface area contributed by atoms with Gasteiger partial charge >= 0.3 is 0 Å². The quantitative estimate of drug-likeness (QED) is 0.696. The van der Waals surface area contributed by atoms with Crippen LogP contribution in [0.25, 0.3) is 6.08 Å². The lowest BCUT2D eigenvalue weighted by Crippen LogP contribution is -2.34. The number of aromatic nitrogens is 1. The van der Waals surface area contributed by atoms with E-state index in [9.17, 15) is 9.59 Å². The molecule has 132 valence electrons. The average Bonchev–Trinajstić information content (AvgIpc) is 3.39. The van der Waals surface area contributed by atoms with Crippen molar-refractivity contribution in [3.05, 3.63) is 63.2 Å². The maximum atomic E-state index is 12.4. The fourth-order valence-corrected chi connectivity index (χ4v) is 4.29. The third-order valence-corrected chi connectivity index (χ3v) is 5.81. The van der Waals surface area contributed by atoms with Gasteiger partial charge in [0.05, 0.1) is 23.4 Å². The van der Waals surface area contributed by atoms with Gasteiger partial charge in [-0.2, -0.15) is 0 Å². The Morgan fingerprint density at radius 3 is 3.00 bits per heavy atom. The lowest BCUT2D eigenvalue weighted by Gasteiger charge is -2.24. The molecule has 1 aliphatic heterocycles. The van der Waals surface area contributed by atoms with Crippen molar-refractivity contribution in [1.29, 1.82) is 0 Å². The SMILES string of the molecule is O=C(Nc1nc2c(s1)CN(C(=O)/C=C/c1ccco1)CC2)c1cccs1. The monoisotopic (exact) mass is 385 g/mol. The highest BCUT2D eigenvalue weighted by atomic mass is 32.1. The molecule has 0 fully saturated rings. The molecule has 2 amide bonds. The number of carbonyl (C=O) groups is 2. The summed E-state index contributed by atoms with van der Waals surface area (Å²) in [4.78, 5) is 32.4. The van der Waals surface area contributed by atoms with E-state index < -0.39 is 0 Å². The molecule has 4 heterocycles. The van der Waals surface area contributed by atoms with Crippen LogP contribution in [0.5, 0.6) is 0 Å². The summed E-state index contributed by atoms with van der Waals surface area (Å²) in [6.45, 7) is 1.11. The summed E-state index contributed by atoms with van der Waals surface area (Å²) in [5, 5.41) is 5.28. The third kappa shape index (κ3) is 3.61. The van der Waals surface area contributed by atoms with Crippen molar-refractivity contribution >= 4 is 45.7 Å². The summed E-state index contributed by atoms with van der Waals surface area (Å²) in [5.74, 6) is 0.428. The molecule has 26 heavy (non-hydrogen) atoms. The Labute approximate surface area is 157 Å². The average molecular weight is 385 g/mol. The highest BCUT2D eigenvalue weighted by Gasteiger charge is 2.23. The minimum absolute atomic E-state index is 0.0652. The van der Waals surface area contributed by atoms with Gasteiger partial charge in [-0.3, -0.25) is 14.9 Å². The molecule has 8 heteroatoms. The number of hydrogen-bond donors (Lipinski definition) is 1. The number of anilines is 1. The number of nitrogens with zero attached hydrogens (tertiary/aromatic N) is 2. The van der Waals surface area contributed by atoms with Gasteiger partial charge in [0, 0.05) is 23.9 Å². The number of carbonyl (C=O) groups excluding carboxylic acids is 2. The summed E-state index contributed by atoms with van der Waals surface area (Å²) in [6, 6.07) is 7.19. The molecular formula is C18H15N3O3S2. The molecule has 0 aromatic carbocycles. The van der Waals surface area contributed by atoms with Gasteiger partial charge in [-0.15, -0.1) is 11.3 Å². The van der Waals surface area contributed by atoms with Crippen molar-refractivity contribution in [3.8, 4) is 0 Å². The first kappa shape index (κ1) is 16.7. The van der Waals surface area contributed by atoms with Crippen molar-refractivity contribution < 1.29 is 14.0 Å². The van der Waals surface area contributed by atoms with E-state index in [0.29, 0.717) is 35.3 Å². The summed E-state index contributed by atoms with van der Waals surface area (Å²) in [7, 11) is 0. The topological polar surface area (TPSA) is 75.4 Å². The molecular weight excluding hydrogens is 370 g/mol. The van der Waals surface area contributed by atoms with E-state index in [0.717, 1.165) is 10.6 Å². The molecule has 0 spiro atoms. The summed E-state index contributed by atoms with van der Waals surface area (Å²) in [5.41, 5.74) is 0.954. The van der Waals surface area contributed by atoms with Gasteiger partial charge in [0.1, 0.15) is 5.76 Å². The van der Waals surface area contributed by atoms with Crippen LogP contribution in [0.2, 0.25) is 0 Å². The molecule has 1 N–H and O–H groups in total. The zero-order chi connectivity index (χ0) is 17.9. The van der Waals surface area contributed by atoms with E-state index in [1.165, 1.54) is 28.7 Å². The number of hydrogen-bond acceptors (Lipinski definition) is 6. The zero-order valence-corrected chi connectivity index (χ0v) is 15.3. The Kier molecular flexibility index (Phi) is 4.68. The van der Waals surface area contributed by atoms with Gasteiger partial charge in [-0.05, 0) is 29.7 Å². The molecule has 1 aliphatic rings. The molecule has 0 saturated carbocycles. The van der Waals surface area contributed by atoms with E-state index in [-0.39, 0.29) is 11.8 Å². The number of amides is 2. The molecule has 0 aliphatic carbocycles. The summed E-state index contributed by atoms with van der Waals surface area (Å²) >= 11 is 2.81. The highest BCUT2D eigenvalue weighted by molar-refractivity contribution is 7.16. The molecule has 0 atom stereocenters. The molecule has 6 nitrogen and oxygen atoms in total. The Bertz CT molecular complexity index is 943. The van der Waals surface area contributed by atoms with Gasteiger partial charge in [-0.1, -0.05) is 17.4 Å². The van der Waals surface area contributed by atoms with Gasteiger partial charge in [-0.25, -0.2) is 4.98 Å². The third-order valence-electron chi connectivity index (χ3n) is 3.94. The van der Waals surface area contributed by atoms with E-state index in [1.807, 2.05) is 11.4 Å². The lowest BCUT2D eigenvalue weighted by molar-refractivity contribution is -0.126. The normalized spacial score (nSPS) is 13.8. The molecule has 0 unspecified atom stereocenters. The highest BCUT2D eigenvalue weighted by Crippen LogP contribution is 2.29. The van der Waals surface area contributed by atoms with Crippen LogP contribution in [0.3, 0.4) is 0 Å². The maximum absolute atomic E-state index is 12.4. The van der Waals surface area contributed by atoms with Crippen molar-refractivity contribution in [2.45, 2.75) is 13.0 Å². The fraction of sp³-hybridized carbons (Fsp3) is 0.167. The Balaban J connectivity index is 1.41. The molecule has 4 rings (SSSR count). The number of thiophene rings is 1. The molecule has 0 bridgehead atoms. The predicted octanol–water partition coefficient (Wildman–Crippen LogP) is 3.65. The smallest absolute Gasteiger partial charge is 0.267 e. The molecule has 3 aromatic rings. The summed E-state index contributed by atoms with van der Waals surface area (Å²) in [6.07, 6.45) is 5.43. The van der Waals surface area contributed by atoms with Crippen LogP contribution in [-0.2, 0) is 17.8 Å². The van der Waals surface area contributed by atoms with Crippen LogP contribution in [0.1, 0.15) is 26.0 Å². The van der Waals surface area contributed by atoms with Gasteiger partial charge in [0.2, 0.25) is 5.91 Å². The zero-order valence-electron chi connectivity index (χ0n) is 13.7. The predicted molar refractivity (Wildman–Crippen MR) is 101 cm³/mol. The van der Waals surface area contributed by atoms with Crippen molar-refractivity contribution in [1.82, 2.24) is 9.88 Å². The van der Waals surface area contributed by atoms with Gasteiger partial charge in [0.25, 0.3) is 5.91 Å². The second-order valence-corrected chi connectivity index (χ2v) is 7.71. The lowest BCUT2D eigenvalue weighted by atomic mass is 10.2. The Morgan fingerprint density at radius 1 is 1.31 bits per heavy atom. The largest absolute Gasteiger partial charge is 0.465 e. The first-order chi connectivity index (χ1) is 12.7. The number of nitrogens with one attached hydrogen (secondary N) is 1. The molecule has 0 saturated heterocycles. The molecule has 0 radical (unpaired) electrons.